The number of aliphatic hydroxyl groups is 8. The first-order valence-electron chi connectivity index (χ1n) is 44.5. The third-order valence-corrected chi connectivity index (χ3v) is 30.8. The van der Waals surface area contributed by atoms with Gasteiger partial charge in [-0.05, 0) is 288 Å². The van der Waals surface area contributed by atoms with Crippen molar-refractivity contribution in [1.29, 1.82) is 0 Å². The van der Waals surface area contributed by atoms with Gasteiger partial charge in [-0.25, -0.2) is 0 Å². The van der Waals surface area contributed by atoms with Gasteiger partial charge in [0, 0.05) is 0 Å². The van der Waals surface area contributed by atoms with Crippen LogP contribution < -0.4 is 0 Å². The molecular formula is C97H194O8. The standard InChI is InChI=1S/C13H26O.7C12H24O/c1-8-7-11(13(4,5)6)12(14)10(3)9(8)2;1-8-6-10(13)7-11(9(8)2)12(3,4)5;1-8-6-10(12(3,4)5)11(13)7-9(8)2;1-8-6-9(2)11(13)7-10(8)12(3,4)5;1-8-6-10(12(3,4)5)9(2)11(13)7-8;1-8-6-7-10(13)9(2)11(8)12(3,4)5;1-8-6-7-10(12(3,4)5)9(2)11(8)13;1-8-6-7-10(12(3,4)5)11(13)9(8)2/h8-12,14H,7H2,1-6H3;7*8-11,13H,6-7H2,1-5H3. The van der Waals surface area contributed by atoms with E-state index < -0.39 is 0 Å². The van der Waals surface area contributed by atoms with E-state index in [-0.39, 0.29) is 65.1 Å². The van der Waals surface area contributed by atoms with Crippen LogP contribution >= 0.6 is 0 Å². The maximum atomic E-state index is 10.3. The van der Waals surface area contributed by atoms with Crippen LogP contribution in [0.25, 0.3) is 0 Å². The van der Waals surface area contributed by atoms with Crippen molar-refractivity contribution >= 4 is 0 Å². The van der Waals surface area contributed by atoms with Gasteiger partial charge in [0.1, 0.15) is 0 Å². The Morgan fingerprint density at radius 3 is 1.03 bits per heavy atom. The minimum atomic E-state index is -0.110. The highest BCUT2D eigenvalue weighted by atomic mass is 16.3. The summed E-state index contributed by atoms with van der Waals surface area (Å²) in [4.78, 5) is 0. The Morgan fingerprint density at radius 2 is 0.581 bits per heavy atom. The van der Waals surface area contributed by atoms with E-state index in [0.717, 1.165) is 68.1 Å². The highest BCUT2D eigenvalue weighted by Crippen LogP contribution is 2.51. The van der Waals surface area contributed by atoms with E-state index in [1.54, 1.807) is 0 Å². The van der Waals surface area contributed by atoms with Crippen molar-refractivity contribution < 1.29 is 40.9 Å². The zero-order valence-corrected chi connectivity index (χ0v) is 78.2. The molecule has 0 radical (unpaired) electrons. The Morgan fingerprint density at radius 1 is 0.181 bits per heavy atom. The lowest BCUT2D eigenvalue weighted by molar-refractivity contribution is -0.0659. The van der Waals surface area contributed by atoms with E-state index in [1.165, 1.54) is 57.8 Å². The zero-order chi connectivity index (χ0) is 82.7. The van der Waals surface area contributed by atoms with Gasteiger partial charge < -0.3 is 40.9 Å². The molecule has 33 unspecified atom stereocenters. The molecule has 8 fully saturated rings. The van der Waals surface area contributed by atoms with Gasteiger partial charge in [0.25, 0.3) is 0 Å². The zero-order valence-electron chi connectivity index (χ0n) is 78.2. The van der Waals surface area contributed by atoms with Gasteiger partial charge >= 0.3 is 0 Å². The average Bonchev–Trinajstić information content (AvgIpc) is 0.830. The fraction of sp³-hybridized carbons (Fsp3) is 1.00. The molecule has 8 N–H and O–H groups in total. The third kappa shape index (κ3) is 32.1. The monoisotopic (exact) mass is 1490 g/mol. The van der Waals surface area contributed by atoms with Gasteiger partial charge in [0.05, 0.1) is 48.8 Å². The average molecular weight is 1490 g/mol. The molecule has 8 heteroatoms. The van der Waals surface area contributed by atoms with E-state index in [9.17, 15) is 40.9 Å². The van der Waals surface area contributed by atoms with Gasteiger partial charge in [0.15, 0.2) is 0 Å². The fourth-order valence-corrected chi connectivity index (χ4v) is 22.4. The summed E-state index contributed by atoms with van der Waals surface area (Å²) in [7, 11) is 0. The van der Waals surface area contributed by atoms with Gasteiger partial charge in [-0.15, -0.1) is 0 Å². The molecule has 33 atom stereocenters. The van der Waals surface area contributed by atoms with Gasteiger partial charge in [0.2, 0.25) is 0 Å². The lowest BCUT2D eigenvalue weighted by atomic mass is 9.61. The van der Waals surface area contributed by atoms with Crippen LogP contribution in [-0.2, 0) is 0 Å². The second kappa shape index (κ2) is 41.8. The molecule has 0 saturated heterocycles. The molecule has 0 spiro atoms. The van der Waals surface area contributed by atoms with Crippen LogP contribution in [0.1, 0.15) is 380 Å². The summed E-state index contributed by atoms with van der Waals surface area (Å²) < 4.78 is 0. The number of hydrogen-bond donors (Lipinski definition) is 8. The Labute approximate surface area is 657 Å². The van der Waals surface area contributed by atoms with E-state index in [1.807, 2.05) is 0 Å². The molecule has 105 heavy (non-hydrogen) atoms. The molecule has 8 nitrogen and oxygen atoms in total. The van der Waals surface area contributed by atoms with Gasteiger partial charge in [-0.1, -0.05) is 284 Å². The summed E-state index contributed by atoms with van der Waals surface area (Å²) in [6.07, 6.45) is 16.3. The molecule has 0 bridgehead atoms. The smallest absolute Gasteiger partial charge is 0.0601 e. The highest BCUT2D eigenvalue weighted by Gasteiger charge is 2.47. The topological polar surface area (TPSA) is 162 Å². The quantitative estimate of drug-likeness (QED) is 0.119. The van der Waals surface area contributed by atoms with Crippen molar-refractivity contribution in [3.63, 3.8) is 0 Å². The summed E-state index contributed by atoms with van der Waals surface area (Å²) in [5.41, 5.74) is 2.47. The molecular weight excluding hydrogens is 1290 g/mol. The van der Waals surface area contributed by atoms with Crippen LogP contribution in [-0.4, -0.2) is 89.7 Å². The van der Waals surface area contributed by atoms with E-state index in [4.69, 9.17) is 0 Å². The third-order valence-electron chi connectivity index (χ3n) is 30.8. The second-order valence-electron chi connectivity index (χ2n) is 47.9. The molecule has 630 valence electrons. The SMILES string of the molecule is CC1CC(C(C)(C)C)C(O)C(C)C1C.CC1CC(C)C(C(C)(C)C)CC1O.CC1CC(O)C(C(C)(C)C)CC1C.CC1CC(O)C(C)C(C(C)(C)C)C1.CC1CC(O)CC(C(C)(C)C)C1C.CC1CCC(C(C)(C)C)C(C)C1O.CC1CCC(C(C)(C)C)C(O)C1C.CC1CCC(O)C(C)C1C(C)(C)C. The van der Waals surface area contributed by atoms with Crippen molar-refractivity contribution in [2.45, 2.75) is 429 Å². The second-order valence-corrected chi connectivity index (χ2v) is 47.9. The fourth-order valence-electron chi connectivity index (χ4n) is 22.4. The predicted molar refractivity (Wildman–Crippen MR) is 457 cm³/mol. The summed E-state index contributed by atoms with van der Waals surface area (Å²) in [5, 5.41) is 79.6. The molecule has 0 aromatic rings. The molecule has 0 aromatic carbocycles. The summed E-state index contributed by atoms with van der Waals surface area (Å²) in [6, 6.07) is 0. The first-order chi connectivity index (χ1) is 47.0. The summed E-state index contributed by atoms with van der Waals surface area (Å²) >= 11 is 0. The number of hydrogen-bond acceptors (Lipinski definition) is 8. The van der Waals surface area contributed by atoms with Crippen molar-refractivity contribution in [2.24, 2.45) is 191 Å². The largest absolute Gasteiger partial charge is 0.393 e. The van der Waals surface area contributed by atoms with Gasteiger partial charge in [-0.3, -0.25) is 0 Å². The van der Waals surface area contributed by atoms with E-state index in [0.29, 0.717) is 145 Å². The number of aliphatic hydroxyl groups excluding tert-OH is 8. The number of rotatable bonds is 0. The van der Waals surface area contributed by atoms with Crippen LogP contribution in [0.5, 0.6) is 0 Å². The van der Waals surface area contributed by atoms with E-state index >= 15 is 0 Å². The summed E-state index contributed by atoms with van der Waals surface area (Å²) in [6.45, 7) is 92.8. The molecule has 8 saturated carbocycles. The predicted octanol–water partition coefficient (Wildman–Crippen LogP) is 24.9. The Kier molecular flexibility index (Phi) is 40.9. The Hall–Kier alpha value is -0.320. The molecule has 8 rings (SSSR count). The molecule has 8 aliphatic carbocycles. The lowest BCUT2D eigenvalue weighted by Crippen LogP contribution is -2.45. The minimum Gasteiger partial charge on any atom is -0.393 e. The Bertz CT molecular complexity index is 2200. The Balaban J connectivity index is 0.000000600. The van der Waals surface area contributed by atoms with Crippen molar-refractivity contribution in [3.05, 3.63) is 0 Å². The van der Waals surface area contributed by atoms with Crippen LogP contribution in [0.15, 0.2) is 0 Å². The van der Waals surface area contributed by atoms with Crippen LogP contribution in [0.4, 0.5) is 0 Å². The van der Waals surface area contributed by atoms with E-state index in [2.05, 4.69) is 284 Å². The highest BCUT2D eigenvalue weighted by molar-refractivity contribution is 4.96. The molecule has 8 aliphatic rings. The maximum Gasteiger partial charge on any atom is 0.0601 e. The molecule has 0 aliphatic heterocycles. The summed E-state index contributed by atoms with van der Waals surface area (Å²) in [5.74, 6) is 15.3. The minimum absolute atomic E-state index is 0.0598. The van der Waals surface area contributed by atoms with Crippen molar-refractivity contribution in [1.82, 2.24) is 0 Å². The first kappa shape index (κ1) is 103. The van der Waals surface area contributed by atoms with Crippen molar-refractivity contribution in [2.75, 3.05) is 0 Å². The van der Waals surface area contributed by atoms with Gasteiger partial charge in [-0.2, -0.15) is 0 Å². The molecule has 0 amide bonds. The molecule has 0 heterocycles. The van der Waals surface area contributed by atoms with Crippen LogP contribution in [0.3, 0.4) is 0 Å². The lowest BCUT2D eigenvalue weighted by Gasteiger charge is -2.46. The molecule has 0 aromatic heterocycles. The maximum absolute atomic E-state index is 10.3. The normalized spacial score (nSPS) is 42.4. The van der Waals surface area contributed by atoms with Crippen LogP contribution in [0, 0.1) is 191 Å². The first-order valence-corrected chi connectivity index (χ1v) is 44.5. The van der Waals surface area contributed by atoms with Crippen molar-refractivity contribution in [3.8, 4) is 0 Å². The van der Waals surface area contributed by atoms with Crippen LogP contribution in [0.2, 0.25) is 0 Å².